The van der Waals surface area contributed by atoms with Crippen LogP contribution in [0.4, 0.5) is 10.8 Å². The second-order valence-corrected chi connectivity index (χ2v) is 9.44. The normalized spacial score (nSPS) is 10.7. The van der Waals surface area contributed by atoms with Crippen LogP contribution in [0.5, 0.6) is 11.5 Å². The predicted molar refractivity (Wildman–Crippen MR) is 140 cm³/mol. The van der Waals surface area contributed by atoms with E-state index in [1.165, 1.54) is 11.3 Å². The summed E-state index contributed by atoms with van der Waals surface area (Å²) in [6.07, 6.45) is 0. The van der Waals surface area contributed by atoms with Gasteiger partial charge in [-0.05, 0) is 69.2 Å². The summed E-state index contributed by atoms with van der Waals surface area (Å²) in [4.78, 5) is 29.2. The number of hydrogen-bond donors (Lipinski definition) is 2. The molecule has 2 amide bonds. The van der Waals surface area contributed by atoms with E-state index in [9.17, 15) is 9.59 Å². The largest absolute Gasteiger partial charge is 0.483 e. The van der Waals surface area contributed by atoms with Gasteiger partial charge >= 0.3 is 0 Å². The molecule has 0 saturated carbocycles. The molecule has 0 bridgehead atoms. The van der Waals surface area contributed by atoms with E-state index < -0.39 is 0 Å². The van der Waals surface area contributed by atoms with Gasteiger partial charge in [-0.25, -0.2) is 4.98 Å². The highest BCUT2D eigenvalue weighted by Crippen LogP contribution is 2.28. The Hall–Kier alpha value is -3.91. The number of nitrogens with one attached hydrogen (secondary N) is 2. The molecule has 3 aromatic carbocycles. The lowest BCUT2D eigenvalue weighted by molar-refractivity contribution is -0.118. The van der Waals surface area contributed by atoms with Crippen LogP contribution in [0.25, 0.3) is 10.2 Å². The van der Waals surface area contributed by atoms with E-state index >= 15 is 0 Å². The quantitative estimate of drug-likeness (QED) is 0.338. The molecule has 0 saturated heterocycles. The van der Waals surface area contributed by atoms with Gasteiger partial charge in [-0.3, -0.25) is 14.9 Å². The summed E-state index contributed by atoms with van der Waals surface area (Å²) >= 11 is 1.33. The minimum atomic E-state index is -0.291. The fourth-order valence-corrected chi connectivity index (χ4v) is 4.54. The van der Waals surface area contributed by atoms with Gasteiger partial charge in [-0.15, -0.1) is 0 Å². The Bertz CT molecular complexity index is 1330. The summed E-state index contributed by atoms with van der Waals surface area (Å²) < 4.78 is 12.1. The Morgan fingerprint density at radius 3 is 1.91 bits per heavy atom. The molecule has 35 heavy (non-hydrogen) atoms. The number of nitrogens with zero attached hydrogens (tertiary/aromatic N) is 1. The molecule has 1 heterocycles. The van der Waals surface area contributed by atoms with Crippen molar-refractivity contribution in [3.8, 4) is 11.5 Å². The number of benzene rings is 3. The summed E-state index contributed by atoms with van der Waals surface area (Å²) in [5, 5.41) is 6.09. The first-order chi connectivity index (χ1) is 16.8. The zero-order chi connectivity index (χ0) is 24.9. The van der Waals surface area contributed by atoms with Crippen LogP contribution in [-0.2, 0) is 9.59 Å². The van der Waals surface area contributed by atoms with Gasteiger partial charge in [0.15, 0.2) is 18.3 Å². The van der Waals surface area contributed by atoms with Gasteiger partial charge in [-0.1, -0.05) is 46.7 Å². The molecular weight excluding hydrogens is 462 g/mol. The van der Waals surface area contributed by atoms with Gasteiger partial charge in [0.2, 0.25) is 0 Å². The molecule has 0 fully saturated rings. The Morgan fingerprint density at radius 2 is 1.34 bits per heavy atom. The lowest BCUT2D eigenvalue weighted by Crippen LogP contribution is -2.20. The van der Waals surface area contributed by atoms with Crippen molar-refractivity contribution in [3.63, 3.8) is 0 Å². The molecule has 0 unspecified atom stereocenters. The molecule has 8 heteroatoms. The van der Waals surface area contributed by atoms with Crippen LogP contribution in [0.3, 0.4) is 0 Å². The minimum Gasteiger partial charge on any atom is -0.483 e. The van der Waals surface area contributed by atoms with E-state index in [1.807, 2.05) is 70.2 Å². The number of ether oxygens (including phenoxy) is 2. The van der Waals surface area contributed by atoms with Gasteiger partial charge in [0.25, 0.3) is 11.8 Å². The average molecular weight is 490 g/mol. The van der Waals surface area contributed by atoms with Crippen LogP contribution in [0, 0.1) is 27.7 Å². The summed E-state index contributed by atoms with van der Waals surface area (Å²) in [5.74, 6) is 0.814. The number of carbonyl (C=O) groups excluding carboxylic acids is 2. The topological polar surface area (TPSA) is 89.5 Å². The third kappa shape index (κ3) is 6.36. The molecule has 2 N–H and O–H groups in total. The molecule has 0 atom stereocenters. The molecule has 7 nitrogen and oxygen atoms in total. The van der Waals surface area contributed by atoms with Gasteiger partial charge in [0, 0.05) is 5.69 Å². The van der Waals surface area contributed by atoms with E-state index in [4.69, 9.17) is 9.47 Å². The maximum atomic E-state index is 12.4. The van der Waals surface area contributed by atoms with Gasteiger partial charge < -0.3 is 14.8 Å². The Balaban J connectivity index is 1.32. The number of aromatic nitrogens is 1. The van der Waals surface area contributed by atoms with Crippen LogP contribution >= 0.6 is 11.3 Å². The van der Waals surface area contributed by atoms with Crippen molar-refractivity contribution in [1.29, 1.82) is 0 Å². The van der Waals surface area contributed by atoms with E-state index in [2.05, 4.69) is 15.6 Å². The number of thiazole rings is 1. The van der Waals surface area contributed by atoms with Gasteiger partial charge in [0.05, 0.1) is 10.2 Å². The van der Waals surface area contributed by atoms with E-state index in [-0.39, 0.29) is 25.0 Å². The fourth-order valence-electron chi connectivity index (χ4n) is 3.62. The third-order valence-electron chi connectivity index (χ3n) is 5.30. The molecule has 0 aliphatic carbocycles. The number of amides is 2. The highest BCUT2D eigenvalue weighted by Gasteiger charge is 2.11. The maximum absolute atomic E-state index is 12.4. The van der Waals surface area contributed by atoms with Crippen LogP contribution in [0.15, 0.2) is 54.6 Å². The van der Waals surface area contributed by atoms with Gasteiger partial charge in [-0.2, -0.15) is 0 Å². The maximum Gasteiger partial charge on any atom is 0.264 e. The fraction of sp³-hybridized carbons (Fsp3) is 0.222. The van der Waals surface area contributed by atoms with Crippen LogP contribution in [0.1, 0.15) is 22.3 Å². The zero-order valence-corrected chi connectivity index (χ0v) is 20.9. The summed E-state index contributed by atoms with van der Waals surface area (Å²) in [6, 6.07) is 17.0. The van der Waals surface area contributed by atoms with Crippen molar-refractivity contribution < 1.29 is 19.1 Å². The van der Waals surface area contributed by atoms with Crippen molar-refractivity contribution in [3.05, 3.63) is 76.9 Å². The Kier molecular flexibility index (Phi) is 7.31. The lowest BCUT2D eigenvalue weighted by Gasteiger charge is -2.10. The number of anilines is 2. The molecular formula is C27H27N3O4S. The van der Waals surface area contributed by atoms with Crippen molar-refractivity contribution in [2.45, 2.75) is 27.7 Å². The molecule has 0 spiro atoms. The second kappa shape index (κ2) is 10.6. The predicted octanol–water partition coefficient (Wildman–Crippen LogP) is 5.56. The highest BCUT2D eigenvalue weighted by molar-refractivity contribution is 7.22. The number of hydrogen-bond acceptors (Lipinski definition) is 6. The van der Waals surface area contributed by atoms with Crippen molar-refractivity contribution in [1.82, 2.24) is 4.98 Å². The molecule has 0 radical (unpaired) electrons. The zero-order valence-electron chi connectivity index (χ0n) is 20.1. The van der Waals surface area contributed by atoms with Crippen LogP contribution in [-0.4, -0.2) is 30.0 Å². The van der Waals surface area contributed by atoms with Crippen molar-refractivity contribution in [2.75, 3.05) is 23.8 Å². The molecule has 180 valence electrons. The van der Waals surface area contributed by atoms with E-state index in [0.717, 1.165) is 32.5 Å². The third-order valence-corrected chi connectivity index (χ3v) is 6.23. The Morgan fingerprint density at radius 1 is 0.771 bits per heavy atom. The monoisotopic (exact) mass is 489 g/mol. The van der Waals surface area contributed by atoms with E-state index in [0.29, 0.717) is 22.3 Å². The first kappa shape index (κ1) is 24.2. The average Bonchev–Trinajstić information content (AvgIpc) is 3.19. The first-order valence-electron chi connectivity index (χ1n) is 11.2. The summed E-state index contributed by atoms with van der Waals surface area (Å²) in [6.45, 7) is 7.71. The Labute approximate surface area is 208 Å². The minimum absolute atomic E-state index is 0.0909. The lowest BCUT2D eigenvalue weighted by atomic mass is 10.1. The number of aryl methyl sites for hydroxylation is 4. The van der Waals surface area contributed by atoms with Crippen LogP contribution < -0.4 is 20.1 Å². The number of fused-ring (bicyclic) bond motifs is 1. The van der Waals surface area contributed by atoms with Crippen LogP contribution in [0.2, 0.25) is 0 Å². The van der Waals surface area contributed by atoms with Crippen molar-refractivity contribution in [2.24, 2.45) is 0 Å². The molecule has 0 aliphatic rings. The van der Waals surface area contributed by atoms with Crippen molar-refractivity contribution >= 4 is 44.2 Å². The summed E-state index contributed by atoms with van der Waals surface area (Å²) in [7, 11) is 0. The molecule has 4 aromatic rings. The number of carbonyl (C=O) groups is 2. The second-order valence-electron chi connectivity index (χ2n) is 8.41. The standard InChI is InChI=1S/C27H27N3O4S/c1-16-5-9-22(18(3)11-16)33-14-25(31)28-20-7-8-21-24(13-20)35-27(29-21)30-26(32)15-34-23-10-6-17(2)12-19(23)4/h5-13H,14-15H2,1-4H3,(H,28,31)(H,29,30,32). The summed E-state index contributed by atoms with van der Waals surface area (Å²) in [5.41, 5.74) is 5.60. The first-order valence-corrected chi connectivity index (χ1v) is 12.0. The molecule has 4 rings (SSSR count). The molecule has 0 aliphatic heterocycles. The smallest absolute Gasteiger partial charge is 0.264 e. The number of rotatable bonds is 8. The molecule has 1 aromatic heterocycles. The SMILES string of the molecule is Cc1ccc(OCC(=O)Nc2ccc3nc(NC(=O)COc4ccc(C)cc4C)sc3c2)c(C)c1. The van der Waals surface area contributed by atoms with E-state index in [1.54, 1.807) is 12.1 Å². The van der Waals surface area contributed by atoms with Gasteiger partial charge in [0.1, 0.15) is 11.5 Å². The highest BCUT2D eigenvalue weighted by atomic mass is 32.1.